The zero-order chi connectivity index (χ0) is 13.2. The Morgan fingerprint density at radius 3 is 2.33 bits per heavy atom. The molecule has 1 saturated heterocycles. The number of nitrogens with zero attached hydrogens (tertiary/aromatic N) is 2. The minimum atomic E-state index is -4.09. The van der Waals surface area contributed by atoms with Crippen molar-refractivity contribution in [2.75, 3.05) is 38.1 Å². The third-order valence-electron chi connectivity index (χ3n) is 3.22. The highest BCUT2D eigenvalue weighted by molar-refractivity contribution is 7.85. The Morgan fingerprint density at radius 1 is 1.06 bits per heavy atom. The smallest absolute Gasteiger partial charge is 0.294 e. The van der Waals surface area contributed by atoms with E-state index in [-0.39, 0.29) is 4.90 Å². The Bertz CT molecular complexity index is 499. The molecule has 1 fully saturated rings. The van der Waals surface area contributed by atoms with Crippen LogP contribution in [0.3, 0.4) is 0 Å². The molecule has 1 aromatic carbocycles. The Morgan fingerprint density at radius 2 is 1.72 bits per heavy atom. The van der Waals surface area contributed by atoms with Crippen LogP contribution in [-0.4, -0.2) is 51.1 Å². The molecule has 1 aliphatic rings. The molecule has 1 heterocycles. The lowest BCUT2D eigenvalue weighted by Crippen LogP contribution is -2.28. The number of hydrogen-bond acceptors (Lipinski definition) is 4. The second kappa shape index (κ2) is 5.26. The monoisotopic (exact) mass is 270 g/mol. The van der Waals surface area contributed by atoms with E-state index < -0.39 is 10.1 Å². The fourth-order valence-electron chi connectivity index (χ4n) is 2.13. The fraction of sp³-hybridized carbons (Fsp3) is 0.500. The summed E-state index contributed by atoms with van der Waals surface area (Å²) in [4.78, 5) is 4.46. The molecule has 0 aromatic heterocycles. The van der Waals surface area contributed by atoms with Gasteiger partial charge in [0.1, 0.15) is 0 Å². The normalized spacial score (nSPS) is 18.7. The maximum absolute atomic E-state index is 11.0. The molecule has 100 valence electrons. The van der Waals surface area contributed by atoms with Gasteiger partial charge < -0.3 is 9.80 Å². The van der Waals surface area contributed by atoms with Crippen LogP contribution in [0, 0.1) is 0 Å². The zero-order valence-corrected chi connectivity index (χ0v) is 11.2. The summed E-state index contributed by atoms with van der Waals surface area (Å²) in [5.74, 6) is 0. The van der Waals surface area contributed by atoms with Crippen molar-refractivity contribution in [2.45, 2.75) is 11.3 Å². The van der Waals surface area contributed by atoms with E-state index in [4.69, 9.17) is 4.55 Å². The molecule has 1 aromatic rings. The first-order valence-corrected chi connectivity index (χ1v) is 7.42. The number of rotatable bonds is 2. The van der Waals surface area contributed by atoms with Gasteiger partial charge in [-0.1, -0.05) is 0 Å². The second-order valence-electron chi connectivity index (χ2n) is 4.61. The summed E-state index contributed by atoms with van der Waals surface area (Å²) >= 11 is 0. The molecule has 2 rings (SSSR count). The van der Waals surface area contributed by atoms with Gasteiger partial charge >= 0.3 is 0 Å². The van der Waals surface area contributed by atoms with Gasteiger partial charge in [-0.2, -0.15) is 8.42 Å². The highest BCUT2D eigenvalue weighted by Gasteiger charge is 2.14. The summed E-state index contributed by atoms with van der Waals surface area (Å²) in [7, 11) is -1.99. The number of likely N-dealkylation sites (N-methyl/N-ethyl adjacent to an activating group) is 1. The van der Waals surface area contributed by atoms with Crippen molar-refractivity contribution in [2.24, 2.45) is 0 Å². The maximum atomic E-state index is 11.0. The molecule has 0 aliphatic carbocycles. The standard InChI is InChI=1S/C12H18N2O3S/c1-13-7-2-8-14(10-9-13)11-3-5-12(6-4-11)18(15,16)17/h3-6H,2,7-10H2,1H3,(H,15,16,17). The van der Waals surface area contributed by atoms with E-state index in [0.29, 0.717) is 0 Å². The van der Waals surface area contributed by atoms with Crippen LogP contribution in [0.25, 0.3) is 0 Å². The van der Waals surface area contributed by atoms with E-state index in [0.717, 1.165) is 38.3 Å². The van der Waals surface area contributed by atoms with Gasteiger partial charge in [-0.05, 0) is 44.3 Å². The molecule has 0 radical (unpaired) electrons. The van der Waals surface area contributed by atoms with Crippen LogP contribution in [0.15, 0.2) is 29.2 Å². The van der Waals surface area contributed by atoms with Crippen LogP contribution in [0.5, 0.6) is 0 Å². The average Bonchev–Trinajstić information content (AvgIpc) is 2.53. The summed E-state index contributed by atoms with van der Waals surface area (Å²) in [6.07, 6.45) is 1.09. The highest BCUT2D eigenvalue weighted by atomic mass is 32.2. The average molecular weight is 270 g/mol. The molecule has 1 N–H and O–H groups in total. The van der Waals surface area contributed by atoms with Crippen molar-refractivity contribution in [1.29, 1.82) is 0 Å². The predicted octanol–water partition coefficient (Wildman–Crippen LogP) is 1.08. The molecule has 6 heteroatoms. The van der Waals surface area contributed by atoms with Gasteiger partial charge in [0.05, 0.1) is 4.90 Å². The SMILES string of the molecule is CN1CCCN(c2ccc(S(=O)(=O)O)cc2)CC1. The van der Waals surface area contributed by atoms with Crippen molar-refractivity contribution >= 4 is 15.8 Å². The van der Waals surface area contributed by atoms with Crippen molar-refractivity contribution in [3.8, 4) is 0 Å². The van der Waals surface area contributed by atoms with Crippen molar-refractivity contribution < 1.29 is 13.0 Å². The molecular formula is C12H18N2O3S. The molecule has 0 atom stereocenters. The summed E-state index contributed by atoms with van der Waals surface area (Å²) in [6, 6.07) is 6.38. The van der Waals surface area contributed by atoms with Gasteiger partial charge in [0.25, 0.3) is 10.1 Å². The van der Waals surface area contributed by atoms with Gasteiger partial charge in [0.2, 0.25) is 0 Å². The van der Waals surface area contributed by atoms with Crippen molar-refractivity contribution in [3.63, 3.8) is 0 Å². The van der Waals surface area contributed by atoms with E-state index >= 15 is 0 Å². The zero-order valence-electron chi connectivity index (χ0n) is 10.4. The molecule has 0 amide bonds. The topological polar surface area (TPSA) is 60.9 Å². The minimum Gasteiger partial charge on any atom is -0.370 e. The third-order valence-corrected chi connectivity index (χ3v) is 4.09. The van der Waals surface area contributed by atoms with Crippen LogP contribution in [-0.2, 0) is 10.1 Å². The van der Waals surface area contributed by atoms with Crippen molar-refractivity contribution in [3.05, 3.63) is 24.3 Å². The van der Waals surface area contributed by atoms with Crippen LogP contribution < -0.4 is 4.90 Å². The van der Waals surface area contributed by atoms with E-state index in [1.807, 2.05) is 0 Å². The largest absolute Gasteiger partial charge is 0.370 e. The summed E-state index contributed by atoms with van der Waals surface area (Å²) in [5, 5.41) is 0. The van der Waals surface area contributed by atoms with Crippen LogP contribution in [0.2, 0.25) is 0 Å². The van der Waals surface area contributed by atoms with Gasteiger partial charge in [0, 0.05) is 25.3 Å². The summed E-state index contributed by atoms with van der Waals surface area (Å²) in [5.41, 5.74) is 0.998. The van der Waals surface area contributed by atoms with Gasteiger partial charge in [0.15, 0.2) is 0 Å². The Labute approximate surface area is 108 Å². The first kappa shape index (κ1) is 13.3. The van der Waals surface area contributed by atoms with Gasteiger partial charge in [-0.15, -0.1) is 0 Å². The highest BCUT2D eigenvalue weighted by Crippen LogP contribution is 2.19. The molecule has 0 unspecified atom stereocenters. The molecule has 1 aliphatic heterocycles. The Balaban J connectivity index is 2.14. The van der Waals surface area contributed by atoms with Gasteiger partial charge in [-0.25, -0.2) is 0 Å². The van der Waals surface area contributed by atoms with Crippen LogP contribution in [0.1, 0.15) is 6.42 Å². The number of hydrogen-bond donors (Lipinski definition) is 1. The lowest BCUT2D eigenvalue weighted by Gasteiger charge is -2.22. The van der Waals surface area contributed by atoms with E-state index in [1.54, 1.807) is 12.1 Å². The molecule has 0 spiro atoms. The predicted molar refractivity (Wildman–Crippen MR) is 70.6 cm³/mol. The summed E-state index contributed by atoms with van der Waals surface area (Å²) < 4.78 is 30.8. The first-order chi connectivity index (χ1) is 8.47. The Hall–Kier alpha value is -1.11. The lowest BCUT2D eigenvalue weighted by atomic mass is 10.2. The maximum Gasteiger partial charge on any atom is 0.294 e. The number of anilines is 1. The quantitative estimate of drug-likeness (QED) is 0.815. The molecule has 0 bridgehead atoms. The van der Waals surface area contributed by atoms with Crippen LogP contribution >= 0.6 is 0 Å². The minimum absolute atomic E-state index is 0.0572. The Kier molecular flexibility index (Phi) is 3.89. The van der Waals surface area contributed by atoms with E-state index in [9.17, 15) is 8.42 Å². The molecule has 18 heavy (non-hydrogen) atoms. The first-order valence-electron chi connectivity index (χ1n) is 5.98. The van der Waals surface area contributed by atoms with Crippen LogP contribution in [0.4, 0.5) is 5.69 Å². The van der Waals surface area contributed by atoms with Crippen molar-refractivity contribution in [1.82, 2.24) is 4.90 Å². The molecule has 0 saturated carbocycles. The number of benzene rings is 1. The summed E-state index contributed by atoms with van der Waals surface area (Å²) in [6.45, 7) is 3.98. The molecule has 5 nitrogen and oxygen atoms in total. The lowest BCUT2D eigenvalue weighted by molar-refractivity contribution is 0.360. The second-order valence-corrected chi connectivity index (χ2v) is 6.03. The fourth-order valence-corrected chi connectivity index (χ4v) is 2.61. The third kappa shape index (κ3) is 3.22. The van der Waals surface area contributed by atoms with Gasteiger partial charge in [-0.3, -0.25) is 4.55 Å². The van der Waals surface area contributed by atoms with E-state index in [2.05, 4.69) is 16.8 Å². The molecular weight excluding hydrogens is 252 g/mol. The van der Waals surface area contributed by atoms with E-state index in [1.165, 1.54) is 12.1 Å².